The van der Waals surface area contributed by atoms with Gasteiger partial charge in [-0.3, -0.25) is 0 Å². The van der Waals surface area contributed by atoms with E-state index in [0.29, 0.717) is 18.4 Å². The first-order chi connectivity index (χ1) is 11.0. The third-order valence-corrected chi connectivity index (χ3v) is 5.69. The van der Waals surface area contributed by atoms with Gasteiger partial charge in [-0.1, -0.05) is 19.4 Å². The zero-order valence-electron chi connectivity index (χ0n) is 15.7. The van der Waals surface area contributed by atoms with E-state index < -0.39 is 0 Å². The van der Waals surface area contributed by atoms with Gasteiger partial charge in [0.1, 0.15) is 5.76 Å². The molecule has 128 valence electrons. The highest BCUT2D eigenvalue weighted by Gasteiger charge is 2.18. The molecule has 2 heteroatoms. The van der Waals surface area contributed by atoms with Crippen LogP contribution in [0.2, 0.25) is 0 Å². The van der Waals surface area contributed by atoms with Crippen molar-refractivity contribution in [2.45, 2.75) is 67.2 Å². The smallest absolute Gasteiger partial charge is 0.118 e. The van der Waals surface area contributed by atoms with E-state index in [1.165, 1.54) is 28.9 Å². The van der Waals surface area contributed by atoms with Crippen molar-refractivity contribution in [3.63, 3.8) is 0 Å². The number of thioether (sulfide) groups is 1. The van der Waals surface area contributed by atoms with Gasteiger partial charge in [0.15, 0.2) is 0 Å². The first kappa shape index (κ1) is 20.0. The maximum Gasteiger partial charge on any atom is 0.118 e. The van der Waals surface area contributed by atoms with Crippen LogP contribution < -0.4 is 0 Å². The van der Waals surface area contributed by atoms with Crippen molar-refractivity contribution in [1.82, 2.24) is 0 Å². The van der Waals surface area contributed by atoms with Crippen LogP contribution in [0.5, 0.6) is 0 Å². The predicted octanol–water partition coefficient (Wildman–Crippen LogP) is 6.69. The molecule has 0 N–H and O–H groups in total. The summed E-state index contributed by atoms with van der Waals surface area (Å²) in [6, 6.07) is 0. The van der Waals surface area contributed by atoms with Gasteiger partial charge in [-0.25, -0.2) is 0 Å². The van der Waals surface area contributed by atoms with Crippen molar-refractivity contribution >= 4 is 11.8 Å². The van der Waals surface area contributed by atoms with Crippen LogP contribution in [0.15, 0.2) is 33.3 Å². The zero-order chi connectivity index (χ0) is 17.2. The van der Waals surface area contributed by atoms with Crippen LogP contribution in [0.1, 0.15) is 67.2 Å². The molecule has 1 aliphatic carbocycles. The monoisotopic (exact) mass is 332 g/mol. The fourth-order valence-corrected chi connectivity index (χ4v) is 3.87. The van der Waals surface area contributed by atoms with Crippen molar-refractivity contribution in [2.24, 2.45) is 11.8 Å². The lowest BCUT2D eigenvalue weighted by molar-refractivity contribution is 0.237. The molecule has 0 bridgehead atoms. The minimum atomic E-state index is 0.540. The zero-order valence-corrected chi connectivity index (χ0v) is 16.5. The summed E-state index contributed by atoms with van der Waals surface area (Å²) < 4.78 is 5.69. The second kappa shape index (κ2) is 10.7. The number of hydrogen-bond donors (Lipinski definition) is 0. The van der Waals surface area contributed by atoms with Crippen molar-refractivity contribution in [3.8, 4) is 11.8 Å². The minimum Gasteiger partial charge on any atom is -0.494 e. The van der Waals surface area contributed by atoms with E-state index in [9.17, 15) is 0 Å². The SMILES string of the molecule is CC=C(OCC)/C(C)=C/S/C(=C(/C)CC)[C@H]1CC#C[C@H](C)CC1. The Bertz CT molecular complexity index is 528. The number of hydrogen-bond acceptors (Lipinski definition) is 2. The molecule has 2 atom stereocenters. The number of allylic oxidation sites excluding steroid dienone is 4. The summed E-state index contributed by atoms with van der Waals surface area (Å²) in [4.78, 5) is 1.52. The van der Waals surface area contributed by atoms with Gasteiger partial charge in [-0.2, -0.15) is 0 Å². The Kier molecular flexibility index (Phi) is 9.26. The fourth-order valence-electron chi connectivity index (χ4n) is 2.72. The molecule has 0 heterocycles. The van der Waals surface area contributed by atoms with Crippen LogP contribution in [-0.4, -0.2) is 6.61 Å². The number of rotatable bonds is 7. The minimum absolute atomic E-state index is 0.540. The van der Waals surface area contributed by atoms with Gasteiger partial charge < -0.3 is 4.74 Å². The Morgan fingerprint density at radius 3 is 2.61 bits per heavy atom. The third kappa shape index (κ3) is 6.51. The summed E-state index contributed by atoms with van der Waals surface area (Å²) in [5.41, 5.74) is 2.70. The van der Waals surface area contributed by atoms with Gasteiger partial charge in [0, 0.05) is 18.3 Å². The summed E-state index contributed by atoms with van der Waals surface area (Å²) in [5, 5.41) is 2.25. The van der Waals surface area contributed by atoms with Gasteiger partial charge in [0.05, 0.1) is 6.61 Å². The second-order valence-electron chi connectivity index (χ2n) is 6.20. The van der Waals surface area contributed by atoms with Crippen LogP contribution in [0.25, 0.3) is 0 Å². The van der Waals surface area contributed by atoms with E-state index in [0.717, 1.165) is 18.6 Å². The molecule has 23 heavy (non-hydrogen) atoms. The Labute approximate surface area is 147 Å². The van der Waals surface area contributed by atoms with Crippen molar-refractivity contribution in [3.05, 3.63) is 33.3 Å². The highest BCUT2D eigenvalue weighted by molar-refractivity contribution is 8.05. The maximum atomic E-state index is 5.69. The Morgan fingerprint density at radius 1 is 1.26 bits per heavy atom. The average Bonchev–Trinajstić information content (AvgIpc) is 2.77. The van der Waals surface area contributed by atoms with E-state index in [2.05, 4.69) is 44.9 Å². The molecule has 0 fully saturated rings. The normalized spacial score (nSPS) is 23.6. The van der Waals surface area contributed by atoms with E-state index in [4.69, 9.17) is 4.74 Å². The average molecular weight is 333 g/mol. The summed E-state index contributed by atoms with van der Waals surface area (Å²) in [6.45, 7) is 13.7. The Balaban J connectivity index is 2.91. The fraction of sp³-hybridized carbons (Fsp3) is 0.619. The molecular weight excluding hydrogens is 300 g/mol. The molecule has 0 unspecified atom stereocenters. The van der Waals surface area contributed by atoms with Gasteiger partial charge in [0.2, 0.25) is 0 Å². The Morgan fingerprint density at radius 2 is 2.00 bits per heavy atom. The van der Waals surface area contributed by atoms with Crippen LogP contribution in [-0.2, 0) is 4.74 Å². The van der Waals surface area contributed by atoms with Crippen molar-refractivity contribution in [2.75, 3.05) is 6.61 Å². The lowest BCUT2D eigenvalue weighted by Gasteiger charge is -2.20. The molecule has 0 aromatic carbocycles. The standard InChI is InChI=1S/C21H32OS/c1-7-17(5)21(19-12-10-11-16(4)13-14-19)23-15-18(6)20(8-2)22-9-3/h8,15-16,19H,7,9,12-14H2,1-6H3/b18-15+,20-8?,21-17-/t16-,19-/m0/s1. The highest BCUT2D eigenvalue weighted by Crippen LogP contribution is 2.37. The van der Waals surface area contributed by atoms with E-state index >= 15 is 0 Å². The molecule has 1 rings (SSSR count). The maximum absolute atomic E-state index is 5.69. The van der Waals surface area contributed by atoms with Gasteiger partial charge >= 0.3 is 0 Å². The highest BCUT2D eigenvalue weighted by atomic mass is 32.2. The topological polar surface area (TPSA) is 9.23 Å². The lowest BCUT2D eigenvalue weighted by atomic mass is 9.95. The van der Waals surface area contributed by atoms with Crippen molar-refractivity contribution in [1.29, 1.82) is 0 Å². The Hall–Kier alpha value is -1.07. The number of ether oxygens (including phenoxy) is 1. The molecule has 0 aromatic rings. The lowest BCUT2D eigenvalue weighted by Crippen LogP contribution is -2.04. The molecule has 0 amide bonds. The summed E-state index contributed by atoms with van der Waals surface area (Å²) in [6.07, 6.45) is 6.59. The van der Waals surface area contributed by atoms with E-state index in [-0.39, 0.29) is 0 Å². The largest absolute Gasteiger partial charge is 0.494 e. The van der Waals surface area contributed by atoms with Crippen LogP contribution in [0, 0.1) is 23.7 Å². The van der Waals surface area contributed by atoms with Gasteiger partial charge in [0.25, 0.3) is 0 Å². The first-order valence-corrected chi connectivity index (χ1v) is 9.72. The summed E-state index contributed by atoms with van der Waals surface area (Å²) in [5.74, 6) is 8.88. The predicted molar refractivity (Wildman–Crippen MR) is 104 cm³/mol. The second-order valence-corrected chi connectivity index (χ2v) is 7.11. The van der Waals surface area contributed by atoms with Crippen LogP contribution >= 0.6 is 11.8 Å². The molecule has 0 aromatic heterocycles. The van der Waals surface area contributed by atoms with E-state index in [1.807, 2.05) is 31.7 Å². The van der Waals surface area contributed by atoms with Gasteiger partial charge in [-0.15, -0.1) is 23.6 Å². The molecule has 1 aliphatic rings. The molecule has 0 radical (unpaired) electrons. The third-order valence-electron chi connectivity index (χ3n) is 4.28. The molecular formula is C21H32OS. The summed E-state index contributed by atoms with van der Waals surface area (Å²) in [7, 11) is 0. The van der Waals surface area contributed by atoms with E-state index in [1.54, 1.807) is 0 Å². The quantitative estimate of drug-likeness (QED) is 0.292. The molecule has 1 nitrogen and oxygen atoms in total. The van der Waals surface area contributed by atoms with Gasteiger partial charge in [-0.05, 0) is 68.9 Å². The molecule has 0 spiro atoms. The first-order valence-electron chi connectivity index (χ1n) is 8.84. The molecule has 0 aliphatic heterocycles. The van der Waals surface area contributed by atoms with Crippen LogP contribution in [0.3, 0.4) is 0 Å². The summed E-state index contributed by atoms with van der Waals surface area (Å²) >= 11 is 1.88. The van der Waals surface area contributed by atoms with Crippen LogP contribution in [0.4, 0.5) is 0 Å². The van der Waals surface area contributed by atoms with Crippen molar-refractivity contribution < 1.29 is 4.74 Å². The molecule has 0 saturated heterocycles. The molecule has 0 saturated carbocycles.